The molecular weight excluding hydrogens is 432 g/mol. The SMILES string of the molecule is COc1cccc(-n2c(C)cc([C@@H]3[C@@H](c4ccccn4)NC(=S)N3Cc3ccco3)c2C)c1. The van der Waals surface area contributed by atoms with Crippen molar-refractivity contribution in [2.24, 2.45) is 0 Å². The average molecular weight is 459 g/mol. The Kier molecular flexibility index (Phi) is 5.64. The lowest BCUT2D eigenvalue weighted by Crippen LogP contribution is -2.29. The van der Waals surface area contributed by atoms with Gasteiger partial charge in [-0.25, -0.2) is 0 Å². The first-order chi connectivity index (χ1) is 16.1. The Morgan fingerprint density at radius 1 is 1.09 bits per heavy atom. The quantitative estimate of drug-likeness (QED) is 0.398. The minimum absolute atomic E-state index is 0.0388. The summed E-state index contributed by atoms with van der Waals surface area (Å²) < 4.78 is 13.4. The number of furan rings is 1. The summed E-state index contributed by atoms with van der Waals surface area (Å²) in [4.78, 5) is 6.85. The number of benzene rings is 1. The van der Waals surface area contributed by atoms with Gasteiger partial charge in [0.05, 0.1) is 37.7 Å². The number of nitrogens with zero attached hydrogens (tertiary/aromatic N) is 3. The molecule has 2 atom stereocenters. The number of nitrogens with one attached hydrogen (secondary N) is 1. The second-order valence-electron chi connectivity index (χ2n) is 8.20. The van der Waals surface area contributed by atoms with E-state index in [2.05, 4.69) is 51.8 Å². The fourth-order valence-electron chi connectivity index (χ4n) is 4.72. The average Bonchev–Trinajstić information content (AvgIpc) is 3.53. The molecule has 1 N–H and O–H groups in total. The molecule has 6 nitrogen and oxygen atoms in total. The predicted octanol–water partition coefficient (Wildman–Crippen LogP) is 5.26. The molecule has 33 heavy (non-hydrogen) atoms. The number of aromatic nitrogens is 2. The number of rotatable bonds is 6. The number of ether oxygens (including phenoxy) is 1. The van der Waals surface area contributed by atoms with Gasteiger partial charge in [-0.3, -0.25) is 4.98 Å². The van der Waals surface area contributed by atoms with Crippen molar-refractivity contribution in [2.75, 3.05) is 7.11 Å². The molecule has 7 heteroatoms. The lowest BCUT2D eigenvalue weighted by molar-refractivity contribution is 0.286. The maximum Gasteiger partial charge on any atom is 0.170 e. The van der Waals surface area contributed by atoms with Crippen molar-refractivity contribution in [1.82, 2.24) is 19.8 Å². The number of methoxy groups -OCH3 is 1. The van der Waals surface area contributed by atoms with Crippen LogP contribution in [0.5, 0.6) is 5.75 Å². The lowest BCUT2D eigenvalue weighted by atomic mass is 9.96. The van der Waals surface area contributed by atoms with E-state index in [-0.39, 0.29) is 12.1 Å². The fraction of sp³-hybridized carbons (Fsp3) is 0.231. The summed E-state index contributed by atoms with van der Waals surface area (Å²) >= 11 is 5.80. The van der Waals surface area contributed by atoms with Crippen molar-refractivity contribution in [1.29, 1.82) is 0 Å². The third-order valence-corrected chi connectivity index (χ3v) is 6.56. The molecule has 0 bridgehead atoms. The first kappa shape index (κ1) is 21.3. The molecule has 4 aromatic rings. The normalized spacial score (nSPS) is 17.9. The molecule has 168 valence electrons. The molecule has 1 aliphatic heterocycles. The zero-order chi connectivity index (χ0) is 22.9. The summed E-state index contributed by atoms with van der Waals surface area (Å²) in [6.07, 6.45) is 3.52. The second-order valence-corrected chi connectivity index (χ2v) is 8.58. The molecule has 1 aromatic carbocycles. The van der Waals surface area contributed by atoms with Crippen molar-refractivity contribution in [3.8, 4) is 11.4 Å². The van der Waals surface area contributed by atoms with Crippen molar-refractivity contribution >= 4 is 17.3 Å². The minimum Gasteiger partial charge on any atom is -0.497 e. The summed E-state index contributed by atoms with van der Waals surface area (Å²) in [7, 11) is 1.69. The second kappa shape index (κ2) is 8.75. The largest absolute Gasteiger partial charge is 0.497 e. The molecule has 0 saturated carbocycles. The van der Waals surface area contributed by atoms with Gasteiger partial charge in [0.25, 0.3) is 0 Å². The van der Waals surface area contributed by atoms with Crippen LogP contribution in [0.4, 0.5) is 0 Å². The van der Waals surface area contributed by atoms with E-state index in [1.54, 1.807) is 13.4 Å². The maximum atomic E-state index is 5.80. The molecule has 1 fully saturated rings. The van der Waals surface area contributed by atoms with Crippen molar-refractivity contribution in [3.05, 3.63) is 102 Å². The van der Waals surface area contributed by atoms with Gasteiger partial charge in [0, 0.05) is 29.3 Å². The number of aryl methyl sites for hydroxylation is 1. The Morgan fingerprint density at radius 3 is 2.70 bits per heavy atom. The fourth-order valence-corrected chi connectivity index (χ4v) is 5.02. The molecule has 0 spiro atoms. The first-order valence-electron chi connectivity index (χ1n) is 10.9. The van der Waals surface area contributed by atoms with E-state index in [0.717, 1.165) is 34.3 Å². The van der Waals surface area contributed by atoms with Gasteiger partial charge in [-0.15, -0.1) is 0 Å². The van der Waals surface area contributed by atoms with Crippen molar-refractivity contribution in [3.63, 3.8) is 0 Å². The van der Waals surface area contributed by atoms with Crippen LogP contribution in [-0.2, 0) is 6.54 Å². The molecule has 1 aliphatic rings. The number of thiocarbonyl (C=S) groups is 1. The van der Waals surface area contributed by atoms with Crippen LogP contribution < -0.4 is 10.1 Å². The third-order valence-electron chi connectivity index (χ3n) is 6.20. The molecule has 1 saturated heterocycles. The Bertz CT molecular complexity index is 1270. The van der Waals surface area contributed by atoms with Crippen LogP contribution in [0.3, 0.4) is 0 Å². The van der Waals surface area contributed by atoms with Gasteiger partial charge in [-0.05, 0) is 74.1 Å². The van der Waals surface area contributed by atoms with Crippen LogP contribution in [0, 0.1) is 13.8 Å². The number of hydrogen-bond acceptors (Lipinski definition) is 4. The molecule has 5 rings (SSSR count). The van der Waals surface area contributed by atoms with Gasteiger partial charge in [-0.1, -0.05) is 12.1 Å². The first-order valence-corrected chi connectivity index (χ1v) is 11.3. The van der Waals surface area contributed by atoms with Crippen LogP contribution in [0.2, 0.25) is 0 Å². The van der Waals surface area contributed by atoms with Gasteiger partial charge in [0.1, 0.15) is 11.5 Å². The highest BCUT2D eigenvalue weighted by atomic mass is 32.1. The van der Waals surface area contributed by atoms with E-state index in [1.165, 1.54) is 5.56 Å². The number of hydrogen-bond donors (Lipinski definition) is 1. The van der Waals surface area contributed by atoms with Crippen LogP contribution in [0.15, 0.2) is 77.5 Å². The Hall–Kier alpha value is -3.58. The highest BCUT2D eigenvalue weighted by Gasteiger charge is 2.41. The van der Waals surface area contributed by atoms with E-state index < -0.39 is 0 Å². The highest BCUT2D eigenvalue weighted by molar-refractivity contribution is 7.80. The molecule has 0 amide bonds. The van der Waals surface area contributed by atoms with Crippen LogP contribution in [-0.4, -0.2) is 26.7 Å². The van der Waals surface area contributed by atoms with Crippen LogP contribution in [0.1, 0.15) is 40.5 Å². The van der Waals surface area contributed by atoms with E-state index in [4.69, 9.17) is 21.4 Å². The van der Waals surface area contributed by atoms with Gasteiger partial charge < -0.3 is 23.9 Å². The molecule has 3 aromatic heterocycles. The summed E-state index contributed by atoms with van der Waals surface area (Å²) in [5.41, 5.74) is 5.52. The Labute approximate surface area is 198 Å². The molecule has 4 heterocycles. The monoisotopic (exact) mass is 458 g/mol. The summed E-state index contributed by atoms with van der Waals surface area (Å²) in [5.74, 6) is 1.70. The summed E-state index contributed by atoms with van der Waals surface area (Å²) in [6, 6.07) is 20.1. The molecule has 0 radical (unpaired) electrons. The van der Waals surface area contributed by atoms with E-state index in [0.29, 0.717) is 11.7 Å². The number of pyridine rings is 1. The Balaban J connectivity index is 1.62. The van der Waals surface area contributed by atoms with Gasteiger partial charge >= 0.3 is 0 Å². The van der Waals surface area contributed by atoms with E-state index in [9.17, 15) is 0 Å². The third kappa shape index (κ3) is 3.89. The Morgan fingerprint density at radius 2 is 1.97 bits per heavy atom. The van der Waals surface area contributed by atoms with Crippen molar-refractivity contribution in [2.45, 2.75) is 32.5 Å². The molecule has 0 aliphatic carbocycles. The van der Waals surface area contributed by atoms with Crippen LogP contribution >= 0.6 is 12.2 Å². The van der Waals surface area contributed by atoms with Gasteiger partial charge in [-0.2, -0.15) is 0 Å². The molecule has 0 unspecified atom stereocenters. The standard InChI is InChI=1S/C26H26N4O2S/c1-17-14-22(18(2)30(17)19-8-6-9-20(15-19)31-3)25-24(23-11-4-5-12-27-23)28-26(33)29(25)16-21-10-7-13-32-21/h4-15,24-25H,16H2,1-3H3,(H,28,33)/t24-,25-/m1/s1. The van der Waals surface area contributed by atoms with Crippen molar-refractivity contribution < 1.29 is 9.15 Å². The predicted molar refractivity (Wildman–Crippen MR) is 131 cm³/mol. The highest BCUT2D eigenvalue weighted by Crippen LogP contribution is 2.42. The zero-order valence-electron chi connectivity index (χ0n) is 18.9. The van der Waals surface area contributed by atoms with Crippen LogP contribution in [0.25, 0.3) is 5.69 Å². The smallest absolute Gasteiger partial charge is 0.170 e. The topological polar surface area (TPSA) is 55.5 Å². The lowest BCUT2D eigenvalue weighted by Gasteiger charge is -2.27. The summed E-state index contributed by atoms with van der Waals surface area (Å²) in [6.45, 7) is 4.86. The minimum atomic E-state index is -0.0760. The van der Waals surface area contributed by atoms with E-state index >= 15 is 0 Å². The van der Waals surface area contributed by atoms with Gasteiger partial charge in [0.2, 0.25) is 0 Å². The zero-order valence-corrected chi connectivity index (χ0v) is 19.7. The maximum absolute atomic E-state index is 5.80. The van der Waals surface area contributed by atoms with Gasteiger partial charge in [0.15, 0.2) is 5.11 Å². The van der Waals surface area contributed by atoms with E-state index in [1.807, 2.05) is 48.7 Å². The summed E-state index contributed by atoms with van der Waals surface area (Å²) in [5, 5.41) is 4.21. The molecular formula is C26H26N4O2S.